The molecule has 0 aliphatic carbocycles. The predicted molar refractivity (Wildman–Crippen MR) is 141 cm³/mol. The number of hydrogen-bond donors (Lipinski definition) is 1. The fourth-order valence-electron chi connectivity index (χ4n) is 3.68. The van der Waals surface area contributed by atoms with Gasteiger partial charge in [0.05, 0.1) is 10.5 Å². The molecule has 1 aliphatic rings. The first-order valence-corrected chi connectivity index (χ1v) is 12.3. The Kier molecular flexibility index (Phi) is 7.77. The minimum Gasteiger partial charge on any atom is -0.385 e. The number of carbonyl (C=O) groups excluding carboxylic acids is 1. The normalized spacial score (nSPS) is 15.0. The molecule has 1 saturated heterocycles. The lowest BCUT2D eigenvalue weighted by atomic mass is 10.1. The van der Waals surface area contributed by atoms with Gasteiger partial charge in [-0.05, 0) is 43.0 Å². The number of pyridine rings is 1. The number of carbonyl (C=O) groups is 1. The minimum atomic E-state index is -0.236. The third kappa shape index (κ3) is 5.38. The van der Waals surface area contributed by atoms with Crippen molar-refractivity contribution in [3.8, 4) is 0 Å². The first-order valence-electron chi connectivity index (χ1n) is 11.0. The molecule has 1 aromatic carbocycles. The van der Waals surface area contributed by atoms with Crippen LogP contribution in [0.1, 0.15) is 23.1 Å². The van der Waals surface area contributed by atoms with E-state index < -0.39 is 0 Å². The van der Waals surface area contributed by atoms with Crippen LogP contribution in [-0.4, -0.2) is 51.3 Å². The molecule has 0 atom stereocenters. The highest BCUT2D eigenvalue weighted by atomic mass is 32.2. The molecular formula is C25H26N4O3S2. The molecule has 0 saturated carbocycles. The number of anilines is 1. The zero-order chi connectivity index (χ0) is 24.1. The van der Waals surface area contributed by atoms with E-state index in [1.807, 2.05) is 37.3 Å². The Balaban J connectivity index is 1.67. The molecule has 1 fully saturated rings. The van der Waals surface area contributed by atoms with Crippen LogP contribution in [0.3, 0.4) is 0 Å². The maximum Gasteiger partial charge on any atom is 0.267 e. The lowest BCUT2D eigenvalue weighted by Gasteiger charge is -2.13. The number of thioether (sulfide) groups is 1. The number of methoxy groups -OCH3 is 1. The maximum atomic E-state index is 13.5. The SMILES string of the molecule is COCCCN1C(=O)C(=Cc2c(NCCc3ccccc3)nc3ccc(C)cn3c2=O)SC1=S. The number of aryl methyl sites for hydroxylation is 1. The molecular weight excluding hydrogens is 468 g/mol. The Morgan fingerprint density at radius 1 is 1.18 bits per heavy atom. The summed E-state index contributed by atoms with van der Waals surface area (Å²) in [4.78, 5) is 33.1. The summed E-state index contributed by atoms with van der Waals surface area (Å²) >= 11 is 6.62. The Morgan fingerprint density at radius 3 is 2.74 bits per heavy atom. The van der Waals surface area contributed by atoms with Crippen LogP contribution in [0.25, 0.3) is 11.7 Å². The second-order valence-corrected chi connectivity index (χ2v) is 9.63. The van der Waals surface area contributed by atoms with Crippen LogP contribution in [0.4, 0.5) is 5.82 Å². The van der Waals surface area contributed by atoms with Crippen molar-refractivity contribution in [1.82, 2.24) is 14.3 Å². The molecule has 1 N–H and O–H groups in total. The maximum absolute atomic E-state index is 13.5. The summed E-state index contributed by atoms with van der Waals surface area (Å²) in [6.07, 6.45) is 4.83. The van der Waals surface area contributed by atoms with Gasteiger partial charge in [0, 0.05) is 33.0 Å². The van der Waals surface area contributed by atoms with Crippen LogP contribution >= 0.6 is 24.0 Å². The number of aromatic nitrogens is 2. The third-order valence-corrected chi connectivity index (χ3v) is 6.81. The summed E-state index contributed by atoms with van der Waals surface area (Å²) in [5.74, 6) is 0.254. The zero-order valence-electron chi connectivity index (χ0n) is 19.1. The highest BCUT2D eigenvalue weighted by molar-refractivity contribution is 8.26. The number of amides is 1. The standard InChI is InChI=1S/C25H26N4O3S2/c1-17-9-10-21-27-22(26-12-11-18-7-4-3-5-8-18)19(23(30)29(21)16-17)15-20-24(31)28(25(33)34-20)13-6-14-32-2/h3-5,7-10,15-16,26H,6,11-14H2,1-2H3. The highest BCUT2D eigenvalue weighted by Crippen LogP contribution is 2.33. The van der Waals surface area contributed by atoms with E-state index in [0.717, 1.165) is 12.0 Å². The van der Waals surface area contributed by atoms with Crippen LogP contribution in [0.15, 0.2) is 58.4 Å². The number of nitrogens with one attached hydrogen (secondary N) is 1. The van der Waals surface area contributed by atoms with E-state index in [1.165, 1.54) is 21.7 Å². The second-order valence-electron chi connectivity index (χ2n) is 7.96. The van der Waals surface area contributed by atoms with Crippen molar-refractivity contribution in [2.24, 2.45) is 0 Å². The predicted octanol–water partition coefficient (Wildman–Crippen LogP) is 3.90. The summed E-state index contributed by atoms with van der Waals surface area (Å²) in [6, 6.07) is 13.8. The van der Waals surface area contributed by atoms with Crippen molar-refractivity contribution in [3.05, 3.63) is 80.6 Å². The van der Waals surface area contributed by atoms with Gasteiger partial charge in [-0.25, -0.2) is 4.98 Å². The number of hydrogen-bond acceptors (Lipinski definition) is 7. The number of thiocarbonyl (C=S) groups is 1. The molecule has 7 nitrogen and oxygen atoms in total. The molecule has 4 rings (SSSR count). The molecule has 176 valence electrons. The van der Waals surface area contributed by atoms with Gasteiger partial charge >= 0.3 is 0 Å². The van der Waals surface area contributed by atoms with Gasteiger partial charge in [0.2, 0.25) is 0 Å². The first-order chi connectivity index (χ1) is 16.5. The van der Waals surface area contributed by atoms with Gasteiger partial charge in [-0.2, -0.15) is 0 Å². The average Bonchev–Trinajstić information content (AvgIpc) is 3.10. The van der Waals surface area contributed by atoms with Crippen molar-refractivity contribution in [2.75, 3.05) is 32.1 Å². The monoisotopic (exact) mass is 494 g/mol. The van der Waals surface area contributed by atoms with Crippen LogP contribution in [0.5, 0.6) is 0 Å². The Bertz CT molecular complexity index is 1300. The number of fused-ring (bicyclic) bond motifs is 1. The van der Waals surface area contributed by atoms with E-state index >= 15 is 0 Å². The van der Waals surface area contributed by atoms with E-state index in [9.17, 15) is 9.59 Å². The number of nitrogens with zero attached hydrogens (tertiary/aromatic N) is 3. The Labute approximate surface area is 207 Å². The van der Waals surface area contributed by atoms with E-state index in [4.69, 9.17) is 21.9 Å². The van der Waals surface area contributed by atoms with Crippen LogP contribution in [-0.2, 0) is 16.0 Å². The minimum absolute atomic E-state index is 0.199. The van der Waals surface area contributed by atoms with Gasteiger partial charge in [0.25, 0.3) is 11.5 Å². The van der Waals surface area contributed by atoms with Gasteiger partial charge in [-0.1, -0.05) is 60.4 Å². The fraction of sp³-hybridized carbons (Fsp3) is 0.280. The van der Waals surface area contributed by atoms with Crippen molar-refractivity contribution < 1.29 is 9.53 Å². The van der Waals surface area contributed by atoms with Crippen LogP contribution in [0.2, 0.25) is 0 Å². The number of rotatable bonds is 9. The summed E-state index contributed by atoms with van der Waals surface area (Å²) in [5, 5.41) is 3.31. The zero-order valence-corrected chi connectivity index (χ0v) is 20.7. The number of ether oxygens (including phenoxy) is 1. The van der Waals surface area contributed by atoms with Gasteiger partial charge in [-0.3, -0.25) is 18.9 Å². The topological polar surface area (TPSA) is 75.9 Å². The first kappa shape index (κ1) is 24.1. The summed E-state index contributed by atoms with van der Waals surface area (Å²) in [7, 11) is 1.62. The molecule has 1 amide bonds. The summed E-state index contributed by atoms with van der Waals surface area (Å²) in [6.45, 7) is 3.53. The molecule has 0 unspecified atom stereocenters. The molecule has 1 aliphatic heterocycles. The van der Waals surface area contributed by atoms with Gasteiger partial charge < -0.3 is 10.1 Å². The van der Waals surface area contributed by atoms with Crippen molar-refractivity contribution in [2.45, 2.75) is 19.8 Å². The van der Waals surface area contributed by atoms with Gasteiger partial charge in [0.1, 0.15) is 15.8 Å². The Hall–Kier alpha value is -3.01. The van der Waals surface area contributed by atoms with E-state index in [2.05, 4.69) is 17.4 Å². The van der Waals surface area contributed by atoms with Crippen LogP contribution < -0.4 is 10.9 Å². The summed E-state index contributed by atoms with van der Waals surface area (Å²) < 4.78 is 7.08. The number of benzene rings is 1. The largest absolute Gasteiger partial charge is 0.385 e. The summed E-state index contributed by atoms with van der Waals surface area (Å²) in [5.41, 5.74) is 2.77. The third-order valence-electron chi connectivity index (χ3n) is 5.43. The fourth-order valence-corrected chi connectivity index (χ4v) is 4.97. The smallest absolute Gasteiger partial charge is 0.267 e. The van der Waals surface area contributed by atoms with E-state index in [1.54, 1.807) is 24.3 Å². The van der Waals surface area contributed by atoms with E-state index in [-0.39, 0.29) is 11.5 Å². The molecule has 34 heavy (non-hydrogen) atoms. The molecule has 3 aromatic rings. The lowest BCUT2D eigenvalue weighted by molar-refractivity contribution is -0.122. The molecule has 0 spiro atoms. The quantitative estimate of drug-likeness (QED) is 0.275. The molecule has 2 aromatic heterocycles. The van der Waals surface area contributed by atoms with Gasteiger partial charge in [-0.15, -0.1) is 0 Å². The lowest BCUT2D eigenvalue weighted by Crippen LogP contribution is -2.29. The average molecular weight is 495 g/mol. The Morgan fingerprint density at radius 2 is 1.97 bits per heavy atom. The van der Waals surface area contributed by atoms with Crippen molar-refractivity contribution in [3.63, 3.8) is 0 Å². The van der Waals surface area contributed by atoms with Crippen molar-refractivity contribution >= 4 is 51.7 Å². The van der Waals surface area contributed by atoms with Crippen LogP contribution in [0, 0.1) is 6.92 Å². The molecule has 0 bridgehead atoms. The highest BCUT2D eigenvalue weighted by Gasteiger charge is 2.32. The van der Waals surface area contributed by atoms with Crippen molar-refractivity contribution in [1.29, 1.82) is 0 Å². The molecule has 3 heterocycles. The van der Waals surface area contributed by atoms with E-state index in [0.29, 0.717) is 52.4 Å². The molecule has 0 radical (unpaired) electrons. The second kappa shape index (κ2) is 10.9. The van der Waals surface area contributed by atoms with Gasteiger partial charge in [0.15, 0.2) is 0 Å². The molecule has 9 heteroatoms.